The van der Waals surface area contributed by atoms with E-state index in [0.717, 1.165) is 11.9 Å². The van der Waals surface area contributed by atoms with Gasteiger partial charge in [0.15, 0.2) is 0 Å². The summed E-state index contributed by atoms with van der Waals surface area (Å²) in [6, 6.07) is 8.31. The monoisotopic (exact) mass is 360 g/mol. The van der Waals surface area contributed by atoms with Crippen LogP contribution in [-0.4, -0.2) is 30.9 Å². The normalized spacial score (nSPS) is 20.1. The maximum absolute atomic E-state index is 11.2. The lowest BCUT2D eigenvalue weighted by atomic mass is 9.77. The number of benzene rings is 1. The Morgan fingerprint density at radius 2 is 1.58 bits per heavy atom. The van der Waals surface area contributed by atoms with Crippen LogP contribution in [-0.2, 0) is 18.8 Å². The number of carbonyl (C=O) groups excluding carboxylic acids is 1. The van der Waals surface area contributed by atoms with Gasteiger partial charge in [0.25, 0.3) is 0 Å². The van der Waals surface area contributed by atoms with E-state index in [1.54, 1.807) is 0 Å². The SMILES string of the molecule is CC(=O)OC[C@@H](CC(C)(C)C)c1ccc(B2OC(C)(C)C(C)(C)O2)cc1. The summed E-state index contributed by atoms with van der Waals surface area (Å²) in [5.41, 5.74) is 1.63. The van der Waals surface area contributed by atoms with Crippen LogP contribution >= 0.6 is 0 Å². The van der Waals surface area contributed by atoms with Crippen molar-refractivity contribution in [2.75, 3.05) is 6.61 Å². The predicted octanol–water partition coefficient (Wildman–Crippen LogP) is 4.07. The van der Waals surface area contributed by atoms with E-state index < -0.39 is 0 Å². The average Bonchev–Trinajstić information content (AvgIpc) is 2.71. The molecule has 0 unspecified atom stereocenters. The van der Waals surface area contributed by atoms with Crippen LogP contribution in [0, 0.1) is 5.41 Å². The quantitative estimate of drug-likeness (QED) is 0.587. The van der Waals surface area contributed by atoms with Crippen molar-refractivity contribution in [2.24, 2.45) is 5.41 Å². The zero-order valence-corrected chi connectivity index (χ0v) is 17.5. The number of carbonyl (C=O) groups is 1. The standard InChI is InChI=1S/C21H33BO4/c1-15(23)24-14-17(13-19(2,3)4)16-9-11-18(12-10-16)22-25-20(5,6)21(7,8)26-22/h9-12,17H,13-14H2,1-8H3/t17-/m1/s1. The summed E-state index contributed by atoms with van der Waals surface area (Å²) in [6.07, 6.45) is 0.941. The molecule has 1 saturated heterocycles. The van der Waals surface area contributed by atoms with Gasteiger partial charge in [0.05, 0.1) is 17.8 Å². The molecular weight excluding hydrogens is 327 g/mol. The van der Waals surface area contributed by atoms with Crippen LogP contribution in [0.25, 0.3) is 0 Å². The summed E-state index contributed by atoms with van der Waals surface area (Å²) in [6.45, 7) is 16.7. The van der Waals surface area contributed by atoms with Gasteiger partial charge in [0.2, 0.25) is 0 Å². The number of ether oxygens (including phenoxy) is 1. The Labute approximate surface area is 158 Å². The molecular formula is C21H33BO4. The zero-order chi connectivity index (χ0) is 19.8. The molecule has 0 amide bonds. The summed E-state index contributed by atoms with van der Waals surface area (Å²) in [7, 11) is -0.358. The van der Waals surface area contributed by atoms with Crippen LogP contribution < -0.4 is 5.46 Å². The molecule has 0 spiro atoms. The lowest BCUT2D eigenvalue weighted by molar-refractivity contribution is -0.141. The lowest BCUT2D eigenvalue weighted by Crippen LogP contribution is -2.41. The Bertz CT molecular complexity index is 612. The van der Waals surface area contributed by atoms with Crippen LogP contribution in [0.3, 0.4) is 0 Å². The summed E-state index contributed by atoms with van der Waals surface area (Å²) in [5, 5.41) is 0. The van der Waals surface area contributed by atoms with Gasteiger partial charge in [-0.1, -0.05) is 45.0 Å². The van der Waals surface area contributed by atoms with Crippen molar-refractivity contribution in [1.29, 1.82) is 0 Å². The number of hydrogen-bond donors (Lipinski definition) is 0. The molecule has 26 heavy (non-hydrogen) atoms. The Kier molecular flexibility index (Phi) is 5.94. The molecule has 1 aliphatic heterocycles. The van der Waals surface area contributed by atoms with Gasteiger partial charge in [-0.25, -0.2) is 0 Å². The van der Waals surface area contributed by atoms with Crippen LogP contribution in [0.15, 0.2) is 24.3 Å². The van der Waals surface area contributed by atoms with E-state index >= 15 is 0 Å². The topological polar surface area (TPSA) is 44.8 Å². The highest BCUT2D eigenvalue weighted by molar-refractivity contribution is 6.62. The number of rotatable bonds is 5. The zero-order valence-electron chi connectivity index (χ0n) is 17.5. The van der Waals surface area contributed by atoms with Crippen LogP contribution in [0.5, 0.6) is 0 Å². The van der Waals surface area contributed by atoms with Crippen molar-refractivity contribution >= 4 is 18.6 Å². The van der Waals surface area contributed by atoms with Crippen molar-refractivity contribution in [3.8, 4) is 0 Å². The molecule has 0 aromatic heterocycles. The van der Waals surface area contributed by atoms with Crippen molar-refractivity contribution in [3.63, 3.8) is 0 Å². The van der Waals surface area contributed by atoms with E-state index in [-0.39, 0.29) is 35.6 Å². The molecule has 1 fully saturated rings. The molecule has 1 atom stereocenters. The molecule has 5 heteroatoms. The van der Waals surface area contributed by atoms with Gasteiger partial charge < -0.3 is 14.0 Å². The summed E-state index contributed by atoms with van der Waals surface area (Å²) >= 11 is 0. The second-order valence-corrected chi connectivity index (χ2v) is 9.52. The van der Waals surface area contributed by atoms with Gasteiger partial charge in [-0.2, -0.15) is 0 Å². The Morgan fingerprint density at radius 3 is 2.00 bits per heavy atom. The molecule has 144 valence electrons. The minimum Gasteiger partial charge on any atom is -0.465 e. The van der Waals surface area contributed by atoms with Crippen molar-refractivity contribution in [2.45, 2.75) is 78.9 Å². The van der Waals surface area contributed by atoms with E-state index in [1.807, 2.05) is 0 Å². The molecule has 4 nitrogen and oxygen atoms in total. The first kappa shape index (κ1) is 21.0. The summed E-state index contributed by atoms with van der Waals surface area (Å²) in [5.74, 6) is -0.0657. The van der Waals surface area contributed by atoms with Gasteiger partial charge in [-0.15, -0.1) is 0 Å². The maximum Gasteiger partial charge on any atom is 0.494 e. The van der Waals surface area contributed by atoms with Crippen molar-refractivity contribution < 1.29 is 18.8 Å². The molecule has 1 aliphatic rings. The molecule has 1 aromatic carbocycles. The second kappa shape index (κ2) is 7.36. The number of esters is 1. The molecule has 0 aliphatic carbocycles. The highest BCUT2D eigenvalue weighted by atomic mass is 16.7. The van der Waals surface area contributed by atoms with Gasteiger partial charge in [-0.05, 0) is 50.6 Å². The molecule has 1 aromatic rings. The Morgan fingerprint density at radius 1 is 1.08 bits per heavy atom. The van der Waals surface area contributed by atoms with E-state index in [2.05, 4.69) is 72.7 Å². The van der Waals surface area contributed by atoms with E-state index in [4.69, 9.17) is 14.0 Å². The van der Waals surface area contributed by atoms with Gasteiger partial charge in [0, 0.05) is 12.8 Å². The fraction of sp³-hybridized carbons (Fsp3) is 0.667. The van der Waals surface area contributed by atoms with Crippen molar-refractivity contribution in [1.82, 2.24) is 0 Å². The molecule has 1 heterocycles. The third-order valence-corrected chi connectivity index (χ3v) is 5.28. The molecule has 0 N–H and O–H groups in total. The van der Waals surface area contributed by atoms with E-state index in [1.165, 1.54) is 12.5 Å². The van der Waals surface area contributed by atoms with Gasteiger partial charge in [-0.3, -0.25) is 4.79 Å². The minimum atomic E-state index is -0.358. The minimum absolute atomic E-state index is 0.148. The molecule has 0 bridgehead atoms. The fourth-order valence-electron chi connectivity index (χ4n) is 3.13. The largest absolute Gasteiger partial charge is 0.494 e. The highest BCUT2D eigenvalue weighted by Crippen LogP contribution is 2.37. The first-order valence-corrected chi connectivity index (χ1v) is 9.40. The van der Waals surface area contributed by atoms with Crippen LogP contribution in [0.4, 0.5) is 0 Å². The first-order chi connectivity index (χ1) is 11.8. The Balaban J connectivity index is 2.16. The van der Waals surface area contributed by atoms with E-state index in [9.17, 15) is 4.79 Å². The third kappa shape index (κ3) is 5.11. The maximum atomic E-state index is 11.2. The first-order valence-electron chi connectivity index (χ1n) is 9.40. The smallest absolute Gasteiger partial charge is 0.465 e. The van der Waals surface area contributed by atoms with Crippen LogP contribution in [0.2, 0.25) is 0 Å². The van der Waals surface area contributed by atoms with E-state index in [0.29, 0.717) is 6.61 Å². The highest BCUT2D eigenvalue weighted by Gasteiger charge is 2.51. The molecule has 0 saturated carbocycles. The summed E-state index contributed by atoms with van der Waals surface area (Å²) in [4.78, 5) is 11.2. The van der Waals surface area contributed by atoms with Gasteiger partial charge in [0.1, 0.15) is 0 Å². The second-order valence-electron chi connectivity index (χ2n) is 9.52. The summed E-state index contributed by atoms with van der Waals surface area (Å²) < 4.78 is 17.5. The van der Waals surface area contributed by atoms with Crippen molar-refractivity contribution in [3.05, 3.63) is 29.8 Å². The fourth-order valence-corrected chi connectivity index (χ4v) is 3.13. The molecule has 0 radical (unpaired) electrons. The third-order valence-electron chi connectivity index (χ3n) is 5.28. The van der Waals surface area contributed by atoms with Gasteiger partial charge >= 0.3 is 13.1 Å². The number of hydrogen-bond acceptors (Lipinski definition) is 4. The Hall–Kier alpha value is -1.33. The lowest BCUT2D eigenvalue weighted by Gasteiger charge is -2.32. The predicted molar refractivity (Wildman–Crippen MR) is 106 cm³/mol. The average molecular weight is 360 g/mol. The molecule has 2 rings (SSSR count). The van der Waals surface area contributed by atoms with Crippen LogP contribution in [0.1, 0.15) is 73.3 Å².